The highest BCUT2D eigenvalue weighted by Crippen LogP contribution is 2.31. The Morgan fingerprint density at radius 1 is 1.44 bits per heavy atom. The first-order chi connectivity index (χ1) is 8.35. The number of benzene rings is 1. The van der Waals surface area contributed by atoms with Crippen molar-refractivity contribution in [1.82, 2.24) is 0 Å². The largest absolute Gasteiger partial charge is 0.444 e. The summed E-state index contributed by atoms with van der Waals surface area (Å²) in [5.41, 5.74) is 8.65. The number of fused-ring (bicyclic) bond motifs is 1. The van der Waals surface area contributed by atoms with E-state index in [2.05, 4.69) is 5.32 Å². The van der Waals surface area contributed by atoms with Crippen LogP contribution in [0.3, 0.4) is 0 Å². The van der Waals surface area contributed by atoms with E-state index in [1.165, 1.54) is 11.1 Å². The van der Waals surface area contributed by atoms with E-state index < -0.39 is 11.7 Å². The van der Waals surface area contributed by atoms with Gasteiger partial charge in [-0.25, -0.2) is 4.79 Å². The van der Waals surface area contributed by atoms with Crippen LogP contribution in [0.5, 0.6) is 0 Å². The lowest BCUT2D eigenvalue weighted by molar-refractivity contribution is 0.0636. The Bertz CT molecular complexity index is 463. The highest BCUT2D eigenvalue weighted by Gasteiger charge is 2.20. The summed E-state index contributed by atoms with van der Waals surface area (Å²) in [5.74, 6) is 0. The zero-order valence-electron chi connectivity index (χ0n) is 11.1. The molecule has 1 aliphatic rings. The van der Waals surface area contributed by atoms with Gasteiger partial charge in [0.05, 0.1) is 0 Å². The van der Waals surface area contributed by atoms with Gasteiger partial charge in [0.15, 0.2) is 0 Å². The molecular weight excluding hydrogens is 228 g/mol. The predicted molar refractivity (Wildman–Crippen MR) is 71.5 cm³/mol. The van der Waals surface area contributed by atoms with Crippen molar-refractivity contribution in [1.29, 1.82) is 0 Å². The summed E-state index contributed by atoms with van der Waals surface area (Å²) >= 11 is 0. The number of hydrogen-bond donors (Lipinski definition) is 2. The molecular formula is C14H20N2O2. The molecule has 0 spiro atoms. The van der Waals surface area contributed by atoms with E-state index in [-0.39, 0.29) is 6.04 Å². The zero-order chi connectivity index (χ0) is 13.3. The molecule has 0 fully saturated rings. The molecule has 0 aliphatic heterocycles. The first-order valence-corrected chi connectivity index (χ1v) is 6.23. The Kier molecular flexibility index (Phi) is 3.30. The smallest absolute Gasteiger partial charge is 0.412 e. The van der Waals surface area contributed by atoms with Crippen LogP contribution in [-0.4, -0.2) is 11.7 Å². The first-order valence-electron chi connectivity index (χ1n) is 6.23. The molecule has 0 saturated heterocycles. The average Bonchev–Trinajstić information content (AvgIpc) is 2.57. The van der Waals surface area contributed by atoms with Crippen LogP contribution in [0.2, 0.25) is 0 Å². The van der Waals surface area contributed by atoms with Gasteiger partial charge in [0.2, 0.25) is 0 Å². The van der Waals surface area contributed by atoms with Gasteiger partial charge in [0.1, 0.15) is 5.60 Å². The van der Waals surface area contributed by atoms with Gasteiger partial charge in [0.25, 0.3) is 0 Å². The number of nitrogens with two attached hydrogens (primary N) is 1. The van der Waals surface area contributed by atoms with Crippen molar-refractivity contribution in [2.24, 2.45) is 5.73 Å². The topological polar surface area (TPSA) is 64.3 Å². The van der Waals surface area contributed by atoms with Crippen LogP contribution in [0.4, 0.5) is 10.5 Å². The van der Waals surface area contributed by atoms with Crippen molar-refractivity contribution in [2.45, 2.75) is 45.3 Å². The zero-order valence-corrected chi connectivity index (χ0v) is 11.1. The van der Waals surface area contributed by atoms with Gasteiger partial charge >= 0.3 is 6.09 Å². The summed E-state index contributed by atoms with van der Waals surface area (Å²) in [4.78, 5) is 11.6. The molecule has 0 radical (unpaired) electrons. The third kappa shape index (κ3) is 3.01. The summed E-state index contributed by atoms with van der Waals surface area (Å²) in [6.07, 6.45) is 1.52. The molecule has 18 heavy (non-hydrogen) atoms. The van der Waals surface area contributed by atoms with Crippen LogP contribution >= 0.6 is 0 Å². The highest BCUT2D eigenvalue weighted by molar-refractivity contribution is 5.85. The molecule has 1 aliphatic carbocycles. The lowest BCUT2D eigenvalue weighted by atomic mass is 10.1. The molecule has 1 atom stereocenters. The van der Waals surface area contributed by atoms with Gasteiger partial charge in [-0.15, -0.1) is 0 Å². The number of nitrogens with one attached hydrogen (secondary N) is 1. The lowest BCUT2D eigenvalue weighted by Crippen LogP contribution is -2.27. The molecule has 0 saturated carbocycles. The third-order valence-corrected chi connectivity index (χ3v) is 2.91. The minimum absolute atomic E-state index is 0.135. The highest BCUT2D eigenvalue weighted by atomic mass is 16.6. The van der Waals surface area contributed by atoms with Crippen LogP contribution in [0.25, 0.3) is 0 Å². The molecule has 4 nitrogen and oxygen atoms in total. The summed E-state index contributed by atoms with van der Waals surface area (Å²) < 4.78 is 5.21. The van der Waals surface area contributed by atoms with Crippen molar-refractivity contribution in [3.8, 4) is 0 Å². The number of rotatable bonds is 1. The van der Waals surface area contributed by atoms with E-state index in [0.29, 0.717) is 0 Å². The second-order valence-electron chi connectivity index (χ2n) is 5.69. The van der Waals surface area contributed by atoms with Crippen LogP contribution in [0.1, 0.15) is 44.4 Å². The normalized spacial score (nSPS) is 18.3. The average molecular weight is 248 g/mol. The number of carbonyl (C=O) groups excluding carboxylic acids is 1. The van der Waals surface area contributed by atoms with Crippen LogP contribution < -0.4 is 11.1 Å². The maximum absolute atomic E-state index is 11.6. The van der Waals surface area contributed by atoms with Crippen LogP contribution in [0.15, 0.2) is 18.2 Å². The summed E-state index contributed by atoms with van der Waals surface area (Å²) in [5, 5.41) is 2.74. The monoisotopic (exact) mass is 248 g/mol. The molecule has 3 N–H and O–H groups in total. The van der Waals surface area contributed by atoms with E-state index in [1.54, 1.807) is 0 Å². The second-order valence-corrected chi connectivity index (χ2v) is 5.69. The van der Waals surface area contributed by atoms with Gasteiger partial charge in [-0.3, -0.25) is 5.32 Å². The van der Waals surface area contributed by atoms with Crippen LogP contribution in [-0.2, 0) is 11.2 Å². The Labute approximate surface area is 108 Å². The quantitative estimate of drug-likeness (QED) is 0.803. The SMILES string of the molecule is CC(C)(C)OC(=O)Nc1ccc2c(c1)CC[C@@H]2N. The number of anilines is 1. The Morgan fingerprint density at radius 2 is 2.17 bits per heavy atom. The maximum atomic E-state index is 11.6. The first kappa shape index (κ1) is 12.9. The standard InChI is InChI=1S/C14H20N2O2/c1-14(2,3)18-13(17)16-10-5-6-11-9(8-10)4-7-12(11)15/h5-6,8,12H,4,7,15H2,1-3H3,(H,16,17)/t12-/m0/s1. The van der Waals surface area contributed by atoms with Gasteiger partial charge in [-0.05, 0) is 56.9 Å². The van der Waals surface area contributed by atoms with E-state index in [9.17, 15) is 4.79 Å². The van der Waals surface area contributed by atoms with Crippen LogP contribution in [0, 0.1) is 0 Å². The molecule has 1 aromatic rings. The molecule has 0 unspecified atom stereocenters. The van der Waals surface area contributed by atoms with Crippen molar-refractivity contribution >= 4 is 11.8 Å². The molecule has 0 heterocycles. The van der Waals surface area contributed by atoms with Gasteiger partial charge in [-0.2, -0.15) is 0 Å². The Balaban J connectivity index is 2.05. The number of carbonyl (C=O) groups is 1. The van der Waals surface area contributed by atoms with Gasteiger partial charge in [0, 0.05) is 11.7 Å². The third-order valence-electron chi connectivity index (χ3n) is 2.91. The predicted octanol–water partition coefficient (Wildman–Crippen LogP) is 2.98. The minimum atomic E-state index is -0.483. The van der Waals surface area contributed by atoms with E-state index in [1.807, 2.05) is 39.0 Å². The minimum Gasteiger partial charge on any atom is -0.444 e. The molecule has 4 heteroatoms. The number of amides is 1. The number of aryl methyl sites for hydroxylation is 1. The van der Waals surface area contributed by atoms with Gasteiger partial charge < -0.3 is 10.5 Å². The fourth-order valence-corrected chi connectivity index (χ4v) is 2.15. The van der Waals surface area contributed by atoms with E-state index >= 15 is 0 Å². The Morgan fingerprint density at radius 3 is 2.83 bits per heavy atom. The van der Waals surface area contributed by atoms with Crippen molar-refractivity contribution in [3.05, 3.63) is 29.3 Å². The van der Waals surface area contributed by atoms with Crippen molar-refractivity contribution in [3.63, 3.8) is 0 Å². The van der Waals surface area contributed by atoms with E-state index in [0.717, 1.165) is 18.5 Å². The summed E-state index contributed by atoms with van der Waals surface area (Å²) in [7, 11) is 0. The number of ether oxygens (including phenoxy) is 1. The second kappa shape index (κ2) is 4.61. The molecule has 0 aromatic heterocycles. The Hall–Kier alpha value is -1.55. The molecule has 98 valence electrons. The van der Waals surface area contributed by atoms with Crippen molar-refractivity contribution < 1.29 is 9.53 Å². The van der Waals surface area contributed by atoms with Gasteiger partial charge in [-0.1, -0.05) is 6.07 Å². The lowest BCUT2D eigenvalue weighted by Gasteiger charge is -2.19. The fraction of sp³-hybridized carbons (Fsp3) is 0.500. The molecule has 2 rings (SSSR count). The molecule has 1 aromatic carbocycles. The fourth-order valence-electron chi connectivity index (χ4n) is 2.15. The number of hydrogen-bond acceptors (Lipinski definition) is 3. The maximum Gasteiger partial charge on any atom is 0.412 e. The molecule has 0 bridgehead atoms. The molecule has 1 amide bonds. The van der Waals surface area contributed by atoms with Crippen molar-refractivity contribution in [2.75, 3.05) is 5.32 Å². The summed E-state index contributed by atoms with van der Waals surface area (Å²) in [6.45, 7) is 5.52. The summed E-state index contributed by atoms with van der Waals surface area (Å²) in [6, 6.07) is 5.97. The van der Waals surface area contributed by atoms with E-state index in [4.69, 9.17) is 10.5 Å².